The fourth-order valence-corrected chi connectivity index (χ4v) is 4.09. The zero-order chi connectivity index (χ0) is 17.1. The first-order chi connectivity index (χ1) is 11.5. The molecule has 2 aromatic rings. The third kappa shape index (κ3) is 3.82. The molecule has 0 unspecified atom stereocenters. The van der Waals surface area contributed by atoms with Crippen molar-refractivity contribution in [3.63, 3.8) is 0 Å². The van der Waals surface area contributed by atoms with E-state index in [0.717, 1.165) is 9.21 Å². The van der Waals surface area contributed by atoms with Crippen molar-refractivity contribution in [1.82, 2.24) is 9.80 Å². The molecule has 2 aromatic heterocycles. The molecule has 128 valence electrons. The molecule has 2 amide bonds. The van der Waals surface area contributed by atoms with Crippen LogP contribution in [0.3, 0.4) is 0 Å². The zero-order valence-electron chi connectivity index (χ0n) is 13.4. The van der Waals surface area contributed by atoms with E-state index in [1.54, 1.807) is 21.9 Å². The Morgan fingerprint density at radius 3 is 2.67 bits per heavy atom. The molecule has 0 radical (unpaired) electrons. The summed E-state index contributed by atoms with van der Waals surface area (Å²) in [4.78, 5) is 29.4. The third-order valence-electron chi connectivity index (χ3n) is 4.26. The molecule has 5 nitrogen and oxygen atoms in total. The van der Waals surface area contributed by atoms with Gasteiger partial charge in [0.05, 0.1) is 17.1 Å². The SMILES string of the molecule is CN(Cc1ccc(Cl)s1)C(=O)C1CCN(C(=O)c2ccco2)CC1. The molecular weight excluding hydrogens is 348 g/mol. The number of carbonyl (C=O) groups excluding carboxylic acids is 2. The third-order valence-corrected chi connectivity index (χ3v) is 5.48. The Bertz CT molecular complexity index is 705. The van der Waals surface area contributed by atoms with Crippen LogP contribution in [-0.4, -0.2) is 41.8 Å². The fraction of sp³-hybridized carbons (Fsp3) is 0.412. The lowest BCUT2D eigenvalue weighted by molar-refractivity contribution is -0.136. The normalized spacial score (nSPS) is 15.5. The van der Waals surface area contributed by atoms with Gasteiger partial charge in [0.15, 0.2) is 5.76 Å². The van der Waals surface area contributed by atoms with Gasteiger partial charge >= 0.3 is 0 Å². The van der Waals surface area contributed by atoms with Crippen molar-refractivity contribution in [2.75, 3.05) is 20.1 Å². The van der Waals surface area contributed by atoms with Gasteiger partial charge in [-0.05, 0) is 37.1 Å². The molecule has 0 aliphatic carbocycles. The first-order valence-corrected chi connectivity index (χ1v) is 9.06. The fourth-order valence-electron chi connectivity index (χ4n) is 2.95. The highest BCUT2D eigenvalue weighted by Gasteiger charge is 2.30. The lowest BCUT2D eigenvalue weighted by Gasteiger charge is -2.32. The second-order valence-electron chi connectivity index (χ2n) is 5.94. The molecule has 0 N–H and O–H groups in total. The first kappa shape index (κ1) is 17.0. The number of carbonyl (C=O) groups is 2. The second-order valence-corrected chi connectivity index (χ2v) is 7.74. The summed E-state index contributed by atoms with van der Waals surface area (Å²) in [5.41, 5.74) is 0. The van der Waals surface area contributed by atoms with Crippen LogP contribution >= 0.6 is 22.9 Å². The summed E-state index contributed by atoms with van der Waals surface area (Å²) in [6, 6.07) is 7.16. The number of rotatable bonds is 4. The lowest BCUT2D eigenvalue weighted by Crippen LogP contribution is -2.43. The molecule has 1 saturated heterocycles. The van der Waals surface area contributed by atoms with E-state index in [0.29, 0.717) is 38.2 Å². The number of amides is 2. The number of nitrogens with zero attached hydrogens (tertiary/aromatic N) is 2. The summed E-state index contributed by atoms with van der Waals surface area (Å²) in [6.45, 7) is 1.73. The Morgan fingerprint density at radius 2 is 2.08 bits per heavy atom. The van der Waals surface area contributed by atoms with Crippen LogP contribution < -0.4 is 0 Å². The molecule has 0 saturated carbocycles. The van der Waals surface area contributed by atoms with Gasteiger partial charge in [-0.1, -0.05) is 11.6 Å². The predicted molar refractivity (Wildman–Crippen MR) is 93.1 cm³/mol. The van der Waals surface area contributed by atoms with Crippen molar-refractivity contribution < 1.29 is 14.0 Å². The van der Waals surface area contributed by atoms with E-state index in [1.807, 2.05) is 19.2 Å². The van der Waals surface area contributed by atoms with Crippen molar-refractivity contribution in [2.45, 2.75) is 19.4 Å². The van der Waals surface area contributed by atoms with Crippen LogP contribution in [0.5, 0.6) is 0 Å². The van der Waals surface area contributed by atoms with Crippen molar-refractivity contribution in [1.29, 1.82) is 0 Å². The highest BCUT2D eigenvalue weighted by molar-refractivity contribution is 7.16. The number of furan rings is 1. The van der Waals surface area contributed by atoms with Crippen molar-refractivity contribution in [3.05, 3.63) is 45.5 Å². The molecule has 1 aliphatic heterocycles. The van der Waals surface area contributed by atoms with Crippen molar-refractivity contribution >= 4 is 34.8 Å². The van der Waals surface area contributed by atoms with Gasteiger partial charge < -0.3 is 14.2 Å². The monoisotopic (exact) mass is 366 g/mol. The minimum atomic E-state index is -0.104. The average molecular weight is 367 g/mol. The Morgan fingerprint density at radius 1 is 1.33 bits per heavy atom. The molecule has 7 heteroatoms. The topological polar surface area (TPSA) is 53.8 Å². The highest BCUT2D eigenvalue weighted by atomic mass is 35.5. The van der Waals surface area contributed by atoms with E-state index < -0.39 is 0 Å². The average Bonchev–Trinajstić information content (AvgIpc) is 3.25. The molecule has 1 fully saturated rings. The summed E-state index contributed by atoms with van der Waals surface area (Å²) in [7, 11) is 1.82. The molecule has 24 heavy (non-hydrogen) atoms. The molecule has 0 atom stereocenters. The van der Waals surface area contributed by atoms with Crippen LogP contribution in [0.1, 0.15) is 28.3 Å². The number of piperidine rings is 1. The van der Waals surface area contributed by atoms with Crippen LogP contribution in [0, 0.1) is 5.92 Å². The minimum absolute atomic E-state index is 0.0360. The van der Waals surface area contributed by atoms with Crippen LogP contribution in [-0.2, 0) is 11.3 Å². The number of likely N-dealkylation sites (tertiary alicyclic amines) is 1. The van der Waals surface area contributed by atoms with Gasteiger partial charge in [0.1, 0.15) is 0 Å². The van der Waals surface area contributed by atoms with Gasteiger partial charge in [0, 0.05) is 30.9 Å². The smallest absolute Gasteiger partial charge is 0.289 e. The van der Waals surface area contributed by atoms with Crippen molar-refractivity contribution in [2.24, 2.45) is 5.92 Å². The number of halogens is 1. The lowest BCUT2D eigenvalue weighted by atomic mass is 9.95. The van der Waals surface area contributed by atoms with E-state index in [9.17, 15) is 9.59 Å². The van der Waals surface area contributed by atoms with Gasteiger partial charge in [-0.3, -0.25) is 9.59 Å². The van der Waals surface area contributed by atoms with Crippen LogP contribution in [0.4, 0.5) is 0 Å². The van der Waals surface area contributed by atoms with Gasteiger partial charge in [0.25, 0.3) is 5.91 Å². The minimum Gasteiger partial charge on any atom is -0.459 e. The Labute approximate surface area is 149 Å². The van der Waals surface area contributed by atoms with Gasteiger partial charge in [0.2, 0.25) is 5.91 Å². The van der Waals surface area contributed by atoms with E-state index in [-0.39, 0.29) is 17.7 Å². The Balaban J connectivity index is 1.52. The van der Waals surface area contributed by atoms with Crippen LogP contribution in [0.15, 0.2) is 34.9 Å². The van der Waals surface area contributed by atoms with Crippen LogP contribution in [0.25, 0.3) is 0 Å². The quantitative estimate of drug-likeness (QED) is 0.832. The maximum Gasteiger partial charge on any atom is 0.289 e. The summed E-state index contributed by atoms with van der Waals surface area (Å²) in [5, 5.41) is 0. The van der Waals surface area contributed by atoms with E-state index in [1.165, 1.54) is 17.6 Å². The summed E-state index contributed by atoms with van der Waals surface area (Å²) in [6.07, 6.45) is 2.86. The first-order valence-electron chi connectivity index (χ1n) is 7.86. The van der Waals surface area contributed by atoms with Crippen LogP contribution in [0.2, 0.25) is 4.34 Å². The number of hydrogen-bond donors (Lipinski definition) is 0. The summed E-state index contributed by atoms with van der Waals surface area (Å²) in [5.74, 6) is 0.342. The number of hydrogen-bond acceptors (Lipinski definition) is 4. The predicted octanol–water partition coefficient (Wildman–Crippen LogP) is 3.51. The Hall–Kier alpha value is -1.79. The van der Waals surface area contributed by atoms with Gasteiger partial charge in [-0.2, -0.15) is 0 Å². The molecule has 3 rings (SSSR count). The maximum absolute atomic E-state index is 12.6. The Kier molecular flexibility index (Phi) is 5.26. The van der Waals surface area contributed by atoms with E-state index in [2.05, 4.69) is 0 Å². The zero-order valence-corrected chi connectivity index (χ0v) is 15.0. The van der Waals surface area contributed by atoms with E-state index >= 15 is 0 Å². The van der Waals surface area contributed by atoms with Gasteiger partial charge in [-0.25, -0.2) is 0 Å². The largest absolute Gasteiger partial charge is 0.459 e. The summed E-state index contributed by atoms with van der Waals surface area (Å²) < 4.78 is 5.89. The molecule has 1 aliphatic rings. The molecule has 0 bridgehead atoms. The molecular formula is C17H19ClN2O3S. The van der Waals surface area contributed by atoms with Crippen molar-refractivity contribution in [3.8, 4) is 0 Å². The second kappa shape index (κ2) is 7.40. The molecule has 0 aromatic carbocycles. The molecule has 0 spiro atoms. The number of thiophene rings is 1. The maximum atomic E-state index is 12.6. The summed E-state index contributed by atoms with van der Waals surface area (Å²) >= 11 is 7.42. The highest BCUT2D eigenvalue weighted by Crippen LogP contribution is 2.25. The van der Waals surface area contributed by atoms with E-state index in [4.69, 9.17) is 16.0 Å². The standard InChI is InChI=1S/C17H19ClN2O3S/c1-19(11-13-4-5-15(18)24-13)16(21)12-6-8-20(9-7-12)17(22)14-3-2-10-23-14/h2-5,10,12H,6-9,11H2,1H3. The van der Waals surface area contributed by atoms with Gasteiger partial charge in [-0.15, -0.1) is 11.3 Å². The molecule has 3 heterocycles.